The number of rotatable bonds is 12. The summed E-state index contributed by atoms with van der Waals surface area (Å²) >= 11 is 0. The lowest BCUT2D eigenvalue weighted by molar-refractivity contribution is -0.132. The molecule has 0 saturated heterocycles. The summed E-state index contributed by atoms with van der Waals surface area (Å²) < 4.78 is 26.8. The van der Waals surface area contributed by atoms with E-state index in [1.165, 1.54) is 31.9 Å². The van der Waals surface area contributed by atoms with E-state index in [9.17, 15) is 28.4 Å². The lowest BCUT2D eigenvalue weighted by Gasteiger charge is -2.27. The highest BCUT2D eigenvalue weighted by atomic mass is 19.1. The van der Waals surface area contributed by atoms with E-state index in [-0.39, 0.29) is 50.6 Å². The number of halogens is 1. The third kappa shape index (κ3) is 21.9. The Bertz CT molecular complexity index is 1710. The summed E-state index contributed by atoms with van der Waals surface area (Å²) in [6.45, 7) is 15.0. The van der Waals surface area contributed by atoms with E-state index in [1.54, 1.807) is 26.8 Å². The molecule has 3 aromatic rings. The molecular weight excluding hydrogens is 770 g/mol. The Hall–Kier alpha value is -4.86. The zero-order valence-electron chi connectivity index (χ0n) is 36.2. The smallest absolute Gasteiger partial charge is 0.293 e. The van der Waals surface area contributed by atoms with Gasteiger partial charge in [0.25, 0.3) is 6.47 Å². The Morgan fingerprint density at radius 2 is 1.65 bits per heavy atom. The number of benzene rings is 2. The van der Waals surface area contributed by atoms with Crippen LogP contribution < -0.4 is 33.2 Å². The molecule has 0 radical (unpaired) electrons. The van der Waals surface area contributed by atoms with Crippen molar-refractivity contribution in [1.82, 2.24) is 20.5 Å². The van der Waals surface area contributed by atoms with Gasteiger partial charge in [0.1, 0.15) is 18.5 Å². The average Bonchev–Trinajstić information content (AvgIpc) is 3.52. The zero-order chi connectivity index (χ0) is 44.3. The number of hydrogen-bond acceptors (Lipinski definition) is 9. The fourth-order valence-electron chi connectivity index (χ4n) is 5.97. The first kappa shape index (κ1) is 55.1. The van der Waals surface area contributed by atoms with Crippen LogP contribution in [-0.4, -0.2) is 78.2 Å². The zero-order valence-corrected chi connectivity index (χ0v) is 36.2. The molecule has 1 aliphatic heterocycles. The fraction of sp³-hybridized carbons (Fsp3) is 0.578. The van der Waals surface area contributed by atoms with Gasteiger partial charge in [-0.3, -0.25) is 24.0 Å². The van der Waals surface area contributed by atoms with E-state index >= 15 is 0 Å². The summed E-state index contributed by atoms with van der Waals surface area (Å²) in [5.74, 6) is -1.86. The van der Waals surface area contributed by atoms with Crippen LogP contribution in [0.15, 0.2) is 48.7 Å². The molecule has 2 heterocycles. The minimum Gasteiger partial charge on any atom is -0.465 e. The number of carbonyl (C=O) groups excluding carboxylic acids is 5. The second-order valence-electron chi connectivity index (χ2n) is 14.8. The van der Waals surface area contributed by atoms with Gasteiger partial charge in [-0.1, -0.05) is 78.1 Å². The summed E-state index contributed by atoms with van der Waals surface area (Å²) in [6.07, 6.45) is 9.08. The Labute approximate surface area is 357 Å². The van der Waals surface area contributed by atoms with Crippen molar-refractivity contribution in [2.75, 3.05) is 13.2 Å². The van der Waals surface area contributed by atoms with Gasteiger partial charge in [-0.25, -0.2) is 4.39 Å². The number of primary amides is 1. The van der Waals surface area contributed by atoms with Crippen LogP contribution in [0.4, 0.5) is 4.39 Å². The van der Waals surface area contributed by atoms with Crippen LogP contribution in [0.2, 0.25) is 0 Å². The first-order valence-electron chi connectivity index (χ1n) is 20.7. The number of nitrogens with zero attached hydrogens (tertiary/aromatic N) is 1. The summed E-state index contributed by atoms with van der Waals surface area (Å²) in [5.41, 5.74) is 19.8. The summed E-state index contributed by atoms with van der Waals surface area (Å²) in [7, 11) is 0. The normalized spacial score (nSPS) is 18.3. The summed E-state index contributed by atoms with van der Waals surface area (Å²) in [6, 6.07) is 9.80. The molecule has 14 nitrogen and oxygen atoms in total. The number of hydrogen-bond donors (Lipinski definition) is 6. The molecule has 60 heavy (non-hydrogen) atoms. The largest absolute Gasteiger partial charge is 0.465 e. The van der Waals surface area contributed by atoms with Crippen molar-refractivity contribution in [3.8, 4) is 0 Å². The van der Waals surface area contributed by atoms with E-state index in [0.717, 1.165) is 54.4 Å². The molecule has 2 aromatic carbocycles. The maximum absolute atomic E-state index is 14.5. The van der Waals surface area contributed by atoms with Crippen molar-refractivity contribution in [3.05, 3.63) is 71.2 Å². The van der Waals surface area contributed by atoms with Gasteiger partial charge in [-0.15, -0.1) is 0 Å². The number of carbonyl (C=O) groups is 5. The van der Waals surface area contributed by atoms with Crippen molar-refractivity contribution in [1.29, 1.82) is 0 Å². The summed E-state index contributed by atoms with van der Waals surface area (Å²) in [4.78, 5) is 58.4. The van der Waals surface area contributed by atoms with Crippen LogP contribution in [0.5, 0.6) is 0 Å². The van der Waals surface area contributed by atoms with Crippen molar-refractivity contribution in [2.45, 2.75) is 157 Å². The van der Waals surface area contributed by atoms with Gasteiger partial charge in [0.05, 0.1) is 24.3 Å². The quantitative estimate of drug-likeness (QED) is 0.102. The Kier molecular flexibility index (Phi) is 28.6. The lowest BCUT2D eigenvalue weighted by Crippen LogP contribution is -2.55. The molecule has 1 aromatic heterocycles. The predicted molar refractivity (Wildman–Crippen MR) is 237 cm³/mol. The monoisotopic (exact) mass is 844 g/mol. The van der Waals surface area contributed by atoms with Crippen molar-refractivity contribution < 1.29 is 37.8 Å². The van der Waals surface area contributed by atoms with Gasteiger partial charge in [-0.2, -0.15) is 0 Å². The number of unbranched alkanes of at least 4 members (excludes halogenated alkanes) is 4. The molecule has 15 heteroatoms. The standard InChI is InChI=1S/C34H47FN6O4.C4H8O2.C4H10.C2H5NO.CH4/c1-3-31-22(2)39-34(44)29(17-25-20-41(14-7-5-4-6-13-36)30-12-11-26(35)18-27(25)30)40-33(43)28(37)16-23-9-8-10-24(15-23)19-38-32(42)21-45-31;1-4(2)6-3-5;1-3-4-2;1-2(3)4;/h8-12,15,18,20,22,28-29,31H,3-7,13-14,16-17,19,21,36-37H2,1-2H3,(H,38,42)(H,39,44)(H,40,43);3-4H,1-2H3;3-4H2,1-2H3;1H3,(H2,3,4);1H4/t22?,28?,29-,31?;;;;/m0..../s1. The molecule has 0 aliphatic carbocycles. The number of aryl methyl sites for hydroxylation is 1. The maximum atomic E-state index is 14.5. The number of fused-ring (bicyclic) bond motifs is 3. The lowest BCUT2D eigenvalue weighted by atomic mass is 10.0. The molecule has 4 amide bonds. The molecule has 0 spiro atoms. The van der Waals surface area contributed by atoms with Crippen LogP contribution in [0.25, 0.3) is 10.9 Å². The van der Waals surface area contributed by atoms with Crippen LogP contribution >= 0.6 is 0 Å². The van der Waals surface area contributed by atoms with Crippen LogP contribution in [0.1, 0.15) is 118 Å². The van der Waals surface area contributed by atoms with Gasteiger partial charge < -0.3 is 47.2 Å². The molecule has 2 bridgehead atoms. The van der Waals surface area contributed by atoms with E-state index in [0.29, 0.717) is 31.4 Å². The highest BCUT2D eigenvalue weighted by molar-refractivity contribution is 5.91. The predicted octanol–water partition coefficient (Wildman–Crippen LogP) is 5.33. The highest BCUT2D eigenvalue weighted by Gasteiger charge is 2.29. The number of ether oxygens (including phenoxy) is 2. The Morgan fingerprint density at radius 1 is 1.00 bits per heavy atom. The third-order valence-corrected chi connectivity index (χ3v) is 9.20. The second kappa shape index (κ2) is 31.1. The number of amides is 4. The third-order valence-electron chi connectivity index (χ3n) is 9.20. The summed E-state index contributed by atoms with van der Waals surface area (Å²) in [5, 5.41) is 9.41. The highest BCUT2D eigenvalue weighted by Crippen LogP contribution is 2.25. The second-order valence-corrected chi connectivity index (χ2v) is 14.8. The molecule has 0 saturated carbocycles. The van der Waals surface area contributed by atoms with Crippen LogP contribution in [0, 0.1) is 5.82 Å². The van der Waals surface area contributed by atoms with Gasteiger partial charge >= 0.3 is 0 Å². The van der Waals surface area contributed by atoms with E-state index in [4.69, 9.17) is 16.2 Å². The average molecular weight is 844 g/mol. The molecular formula is C45H74FN7O7. The van der Waals surface area contributed by atoms with Crippen molar-refractivity contribution >= 4 is 41.0 Å². The molecule has 4 rings (SSSR count). The Balaban J connectivity index is 0.00000201. The molecule has 0 fully saturated rings. The van der Waals surface area contributed by atoms with Crippen molar-refractivity contribution in [2.24, 2.45) is 17.2 Å². The van der Waals surface area contributed by atoms with Gasteiger partial charge in [0, 0.05) is 43.5 Å². The SMILES string of the molecule is C.CC(C)OC=O.CC(N)=O.CCC1OCC(=O)NCc2cccc(c2)CC(N)C(=O)N[C@@H](Cc2cn(CCCCCCN)c3ccc(F)cc23)C(=O)NC1C.CCCC. The molecule has 9 N–H and O–H groups in total. The number of aromatic nitrogens is 1. The minimum absolute atomic E-state index is 0. The topological polar surface area (TPSA) is 223 Å². The van der Waals surface area contributed by atoms with Gasteiger partial charge in [0.15, 0.2) is 0 Å². The molecule has 4 atom stereocenters. The first-order chi connectivity index (χ1) is 28.1. The van der Waals surface area contributed by atoms with E-state index < -0.39 is 36.0 Å². The van der Waals surface area contributed by atoms with Gasteiger partial charge in [-0.05, 0) is 87.9 Å². The molecule has 3 unspecified atom stereocenters. The minimum atomic E-state index is -0.985. The van der Waals surface area contributed by atoms with E-state index in [1.807, 2.05) is 37.4 Å². The Morgan fingerprint density at radius 3 is 2.23 bits per heavy atom. The number of nitrogens with two attached hydrogens (primary N) is 3. The number of nitrogens with one attached hydrogen (secondary N) is 3. The van der Waals surface area contributed by atoms with Crippen LogP contribution in [0.3, 0.4) is 0 Å². The van der Waals surface area contributed by atoms with Crippen LogP contribution in [-0.2, 0) is 59.4 Å². The van der Waals surface area contributed by atoms with Crippen molar-refractivity contribution in [3.63, 3.8) is 0 Å². The molecule has 338 valence electrons. The van der Waals surface area contributed by atoms with E-state index in [2.05, 4.69) is 44.8 Å². The fourth-order valence-corrected chi connectivity index (χ4v) is 5.97. The maximum Gasteiger partial charge on any atom is 0.293 e. The first-order valence-corrected chi connectivity index (χ1v) is 20.7. The van der Waals surface area contributed by atoms with Gasteiger partial charge in [0.2, 0.25) is 23.6 Å². The molecule has 1 aliphatic rings.